The van der Waals surface area contributed by atoms with Crippen LogP contribution in [0.3, 0.4) is 0 Å². The highest BCUT2D eigenvalue weighted by Crippen LogP contribution is 2.40. The summed E-state index contributed by atoms with van der Waals surface area (Å²) in [4.78, 5) is 17.7. The summed E-state index contributed by atoms with van der Waals surface area (Å²) in [6.07, 6.45) is 1.97. The Morgan fingerprint density at radius 2 is 1.90 bits per heavy atom. The molecule has 0 saturated heterocycles. The molecule has 0 aliphatic heterocycles. The summed E-state index contributed by atoms with van der Waals surface area (Å²) >= 11 is 1.43. The molecule has 5 rings (SSSR count). The summed E-state index contributed by atoms with van der Waals surface area (Å²) in [7, 11) is 0. The van der Waals surface area contributed by atoms with Crippen molar-refractivity contribution in [2.24, 2.45) is 0 Å². The van der Waals surface area contributed by atoms with Gasteiger partial charge in [0.25, 0.3) is 5.56 Å². The second-order valence-electron chi connectivity index (χ2n) is 7.03. The van der Waals surface area contributed by atoms with Crippen molar-refractivity contribution in [1.82, 2.24) is 19.7 Å². The fourth-order valence-electron chi connectivity index (χ4n) is 3.18. The normalized spacial score (nSPS) is 15.0. The molecule has 0 unspecified atom stereocenters. The van der Waals surface area contributed by atoms with Gasteiger partial charge in [0.05, 0.1) is 16.2 Å². The molecule has 1 aliphatic carbocycles. The van der Waals surface area contributed by atoms with E-state index < -0.39 is 0 Å². The first kappa shape index (κ1) is 18.1. The molecule has 1 saturated carbocycles. The van der Waals surface area contributed by atoms with E-state index in [4.69, 9.17) is 9.40 Å². The minimum atomic E-state index is -0.321. The lowest BCUT2D eigenvalue weighted by atomic mass is 10.2. The predicted molar refractivity (Wildman–Crippen MR) is 108 cm³/mol. The van der Waals surface area contributed by atoms with Gasteiger partial charge in [0.15, 0.2) is 5.16 Å². The van der Waals surface area contributed by atoms with Gasteiger partial charge in [0, 0.05) is 11.6 Å². The smallest absolute Gasteiger partial charge is 0.262 e. The van der Waals surface area contributed by atoms with Gasteiger partial charge in [-0.25, -0.2) is 9.37 Å². The second kappa shape index (κ2) is 7.11. The molecule has 1 fully saturated rings. The number of benzene rings is 2. The largest absolute Gasteiger partial charge is 0.419 e. The maximum atomic E-state index is 13.1. The third kappa shape index (κ3) is 3.44. The quantitative estimate of drug-likeness (QED) is 0.350. The van der Waals surface area contributed by atoms with E-state index in [1.165, 1.54) is 23.9 Å². The summed E-state index contributed by atoms with van der Waals surface area (Å²) < 4.78 is 20.7. The van der Waals surface area contributed by atoms with Crippen LogP contribution < -0.4 is 5.56 Å². The number of nitrogens with zero attached hydrogens (tertiary/aromatic N) is 4. The van der Waals surface area contributed by atoms with Gasteiger partial charge < -0.3 is 4.42 Å². The van der Waals surface area contributed by atoms with E-state index >= 15 is 0 Å². The molecule has 6 nitrogen and oxygen atoms in total. The summed E-state index contributed by atoms with van der Waals surface area (Å²) in [5.74, 6) is 0.440. The molecular weight excluding hydrogens is 391 g/mol. The highest BCUT2D eigenvalue weighted by molar-refractivity contribution is 7.99. The number of hydrogen-bond acceptors (Lipinski definition) is 6. The first-order valence-electron chi connectivity index (χ1n) is 9.37. The van der Waals surface area contributed by atoms with Crippen LogP contribution in [-0.4, -0.2) is 19.7 Å². The number of para-hydroxylation sites is 1. The Kier molecular flexibility index (Phi) is 4.43. The van der Waals surface area contributed by atoms with Crippen LogP contribution in [0, 0.1) is 5.82 Å². The average Bonchev–Trinajstić information content (AvgIpc) is 3.43. The fraction of sp³-hybridized carbons (Fsp3) is 0.238. The van der Waals surface area contributed by atoms with Gasteiger partial charge in [0.2, 0.25) is 11.8 Å². The van der Waals surface area contributed by atoms with Crippen LogP contribution in [0.4, 0.5) is 4.39 Å². The summed E-state index contributed by atoms with van der Waals surface area (Å²) in [5.41, 5.74) is 1.33. The molecule has 2 aromatic heterocycles. The standard InChI is InChI=1S/C21H17FN4O2S/c1-12(18-24-25-19(28-18)13-6-8-14(22)9-7-13)29-21-23-17-5-3-2-4-16(17)20(27)26(21)15-10-11-15/h2-9,12,15H,10-11H2,1H3/t12-/m0/s1. The van der Waals surface area contributed by atoms with E-state index in [1.807, 2.05) is 31.2 Å². The first-order chi connectivity index (χ1) is 14.1. The van der Waals surface area contributed by atoms with Gasteiger partial charge in [-0.05, 0) is 56.2 Å². The SMILES string of the molecule is C[C@H](Sc1nc2ccccc2c(=O)n1C1CC1)c1nnc(-c2ccc(F)cc2)o1. The Bertz CT molecular complexity index is 1250. The number of thioether (sulfide) groups is 1. The molecule has 29 heavy (non-hydrogen) atoms. The van der Waals surface area contributed by atoms with E-state index in [1.54, 1.807) is 16.7 Å². The van der Waals surface area contributed by atoms with Crippen LogP contribution in [0.25, 0.3) is 22.4 Å². The van der Waals surface area contributed by atoms with Crippen LogP contribution in [0.5, 0.6) is 0 Å². The Morgan fingerprint density at radius 1 is 1.14 bits per heavy atom. The molecule has 0 spiro atoms. The molecule has 146 valence electrons. The van der Waals surface area contributed by atoms with Crippen molar-refractivity contribution in [3.63, 3.8) is 0 Å². The van der Waals surface area contributed by atoms with E-state index in [0.29, 0.717) is 33.4 Å². The van der Waals surface area contributed by atoms with E-state index in [2.05, 4.69) is 10.2 Å². The van der Waals surface area contributed by atoms with Crippen LogP contribution in [0.1, 0.15) is 36.9 Å². The number of fused-ring (bicyclic) bond motifs is 1. The van der Waals surface area contributed by atoms with E-state index in [0.717, 1.165) is 12.8 Å². The van der Waals surface area contributed by atoms with Gasteiger partial charge in [-0.3, -0.25) is 9.36 Å². The Labute approximate surface area is 169 Å². The van der Waals surface area contributed by atoms with Crippen molar-refractivity contribution in [3.05, 3.63) is 70.6 Å². The van der Waals surface area contributed by atoms with Crippen molar-refractivity contribution in [1.29, 1.82) is 0 Å². The van der Waals surface area contributed by atoms with Crippen LogP contribution >= 0.6 is 11.8 Å². The Morgan fingerprint density at radius 3 is 2.66 bits per heavy atom. The minimum absolute atomic E-state index is 0.00895. The molecule has 8 heteroatoms. The predicted octanol–water partition coefficient (Wildman–Crippen LogP) is 4.77. The lowest BCUT2D eigenvalue weighted by Crippen LogP contribution is -2.22. The van der Waals surface area contributed by atoms with E-state index in [9.17, 15) is 9.18 Å². The topological polar surface area (TPSA) is 73.8 Å². The zero-order valence-corrected chi connectivity index (χ0v) is 16.4. The maximum Gasteiger partial charge on any atom is 0.262 e. The van der Waals surface area contributed by atoms with Gasteiger partial charge >= 0.3 is 0 Å². The summed E-state index contributed by atoms with van der Waals surface area (Å²) in [6, 6.07) is 13.5. The van der Waals surface area contributed by atoms with Gasteiger partial charge in [-0.15, -0.1) is 10.2 Å². The zero-order valence-electron chi connectivity index (χ0n) is 15.6. The van der Waals surface area contributed by atoms with Crippen molar-refractivity contribution in [2.75, 3.05) is 0 Å². The third-order valence-electron chi connectivity index (χ3n) is 4.85. The maximum absolute atomic E-state index is 13.1. The highest BCUT2D eigenvalue weighted by Gasteiger charge is 2.30. The highest BCUT2D eigenvalue weighted by atomic mass is 32.2. The average molecular weight is 408 g/mol. The van der Waals surface area contributed by atoms with Crippen LogP contribution in [0.15, 0.2) is 62.9 Å². The lowest BCUT2D eigenvalue weighted by Gasteiger charge is -2.14. The third-order valence-corrected chi connectivity index (χ3v) is 5.90. The van der Waals surface area contributed by atoms with Crippen molar-refractivity contribution in [3.8, 4) is 11.5 Å². The molecule has 2 aromatic carbocycles. The Balaban J connectivity index is 1.47. The summed E-state index contributed by atoms with van der Waals surface area (Å²) in [5, 5.41) is 9.30. The van der Waals surface area contributed by atoms with Crippen molar-refractivity contribution in [2.45, 2.75) is 36.2 Å². The molecule has 2 heterocycles. The molecule has 0 N–H and O–H groups in total. The number of halogens is 1. The van der Waals surface area contributed by atoms with Gasteiger partial charge in [0.1, 0.15) is 5.82 Å². The van der Waals surface area contributed by atoms with Crippen LogP contribution in [-0.2, 0) is 0 Å². The molecule has 0 radical (unpaired) electrons. The molecule has 4 aromatic rings. The number of hydrogen-bond donors (Lipinski definition) is 0. The number of aromatic nitrogens is 4. The van der Waals surface area contributed by atoms with Crippen LogP contribution in [0.2, 0.25) is 0 Å². The second-order valence-corrected chi connectivity index (χ2v) is 8.34. The Hall–Kier alpha value is -3.00. The minimum Gasteiger partial charge on any atom is -0.419 e. The molecule has 1 atom stereocenters. The summed E-state index contributed by atoms with van der Waals surface area (Å²) in [6.45, 7) is 1.94. The zero-order chi connectivity index (χ0) is 20.0. The van der Waals surface area contributed by atoms with Gasteiger partial charge in [-0.1, -0.05) is 23.9 Å². The first-order valence-corrected chi connectivity index (χ1v) is 10.3. The molecule has 0 bridgehead atoms. The van der Waals surface area contributed by atoms with Crippen molar-refractivity contribution < 1.29 is 8.81 Å². The molecule has 0 amide bonds. The number of rotatable bonds is 5. The molecule has 1 aliphatic rings. The molecular formula is C21H17FN4O2S. The fourth-order valence-corrected chi connectivity index (χ4v) is 4.19. The van der Waals surface area contributed by atoms with Crippen molar-refractivity contribution >= 4 is 22.7 Å². The van der Waals surface area contributed by atoms with Gasteiger partial charge in [-0.2, -0.15) is 0 Å². The van der Waals surface area contributed by atoms with E-state index in [-0.39, 0.29) is 22.7 Å². The monoisotopic (exact) mass is 408 g/mol. The lowest BCUT2D eigenvalue weighted by molar-refractivity contribution is 0.508.